The van der Waals surface area contributed by atoms with Crippen LogP contribution in [0.5, 0.6) is 0 Å². The van der Waals surface area contributed by atoms with Gasteiger partial charge in [0.2, 0.25) is 0 Å². The summed E-state index contributed by atoms with van der Waals surface area (Å²) < 4.78 is 4.95. The molecule has 0 atom stereocenters. The molecule has 1 aromatic carbocycles. The van der Waals surface area contributed by atoms with Crippen LogP contribution in [-0.4, -0.2) is 18.2 Å². The minimum absolute atomic E-state index is 0.278. The zero-order valence-corrected chi connectivity index (χ0v) is 8.80. The van der Waals surface area contributed by atoms with E-state index in [1.54, 1.807) is 25.3 Å². The molecule has 0 saturated heterocycles. The van der Waals surface area contributed by atoms with E-state index in [-0.39, 0.29) is 5.57 Å². The van der Waals surface area contributed by atoms with Crippen LogP contribution in [0.1, 0.15) is 11.1 Å². The van der Waals surface area contributed by atoms with Crippen LogP contribution < -0.4 is 0 Å². The number of ether oxygens (including phenoxy) is 1. The molecule has 0 radical (unpaired) electrons. The smallest absolute Gasteiger partial charge is 0.346 e. The van der Waals surface area contributed by atoms with Gasteiger partial charge in [0.25, 0.3) is 0 Å². The monoisotopic (exact) mass is 217 g/mol. The molecule has 4 nitrogen and oxygen atoms in total. The van der Waals surface area contributed by atoms with Gasteiger partial charge in [-0.2, -0.15) is 5.26 Å². The Kier molecular flexibility index (Phi) is 4.25. The normalized spacial score (nSPS) is 10.9. The van der Waals surface area contributed by atoms with E-state index in [2.05, 4.69) is 0 Å². The summed E-state index contributed by atoms with van der Waals surface area (Å²) >= 11 is 0. The van der Waals surface area contributed by atoms with E-state index in [1.807, 2.05) is 12.1 Å². The molecule has 16 heavy (non-hydrogen) atoms. The summed E-state index contributed by atoms with van der Waals surface area (Å²) in [4.78, 5) is 10.6. The number of hydrogen-bond acceptors (Lipinski definition) is 3. The van der Waals surface area contributed by atoms with Gasteiger partial charge in [0, 0.05) is 7.11 Å². The highest BCUT2D eigenvalue weighted by atomic mass is 16.5. The first kappa shape index (κ1) is 12.0. The second kappa shape index (κ2) is 5.69. The Labute approximate surface area is 93.4 Å². The van der Waals surface area contributed by atoms with Crippen molar-refractivity contribution in [2.75, 3.05) is 7.11 Å². The molecule has 0 saturated carbocycles. The summed E-state index contributed by atoms with van der Waals surface area (Å²) in [6.07, 6.45) is 1.33. The Bertz CT molecular complexity index is 440. The zero-order chi connectivity index (χ0) is 12.0. The van der Waals surface area contributed by atoms with Gasteiger partial charge < -0.3 is 9.84 Å². The maximum Gasteiger partial charge on any atom is 0.346 e. The SMILES string of the molecule is COCc1ccc(/C=C(\C#N)C(=O)O)cc1. The van der Waals surface area contributed by atoms with Crippen molar-refractivity contribution in [2.45, 2.75) is 6.61 Å². The molecule has 0 spiro atoms. The Morgan fingerprint density at radius 2 is 2.12 bits per heavy atom. The average Bonchev–Trinajstić information content (AvgIpc) is 2.28. The topological polar surface area (TPSA) is 70.3 Å². The van der Waals surface area contributed by atoms with E-state index in [9.17, 15) is 4.79 Å². The fraction of sp³-hybridized carbons (Fsp3) is 0.167. The second-order valence-corrected chi connectivity index (χ2v) is 3.15. The molecule has 0 unspecified atom stereocenters. The van der Waals surface area contributed by atoms with Crippen molar-refractivity contribution in [3.05, 3.63) is 41.0 Å². The molecule has 0 bridgehead atoms. The molecule has 0 fully saturated rings. The van der Waals surface area contributed by atoms with Gasteiger partial charge in [0.15, 0.2) is 0 Å². The first-order valence-electron chi connectivity index (χ1n) is 4.60. The van der Waals surface area contributed by atoms with Crippen molar-refractivity contribution >= 4 is 12.0 Å². The van der Waals surface area contributed by atoms with Crippen LogP contribution in [0.15, 0.2) is 29.8 Å². The molecule has 4 heteroatoms. The number of hydrogen-bond donors (Lipinski definition) is 1. The number of carbonyl (C=O) groups is 1. The number of carboxylic acid groups (broad SMARTS) is 1. The van der Waals surface area contributed by atoms with Crippen LogP contribution in [0.2, 0.25) is 0 Å². The van der Waals surface area contributed by atoms with E-state index >= 15 is 0 Å². The average molecular weight is 217 g/mol. The highest BCUT2D eigenvalue weighted by Crippen LogP contribution is 2.09. The fourth-order valence-corrected chi connectivity index (χ4v) is 1.19. The number of nitriles is 1. The maximum absolute atomic E-state index is 10.6. The predicted octanol–water partition coefficient (Wildman–Crippen LogP) is 1.82. The zero-order valence-electron chi connectivity index (χ0n) is 8.80. The Morgan fingerprint density at radius 3 is 2.56 bits per heavy atom. The van der Waals surface area contributed by atoms with Gasteiger partial charge in [0.05, 0.1) is 6.61 Å². The number of methoxy groups -OCH3 is 1. The van der Waals surface area contributed by atoms with Crippen molar-refractivity contribution in [2.24, 2.45) is 0 Å². The molecule has 0 amide bonds. The number of benzene rings is 1. The first-order valence-corrected chi connectivity index (χ1v) is 4.60. The Morgan fingerprint density at radius 1 is 1.50 bits per heavy atom. The van der Waals surface area contributed by atoms with Gasteiger partial charge in [-0.15, -0.1) is 0 Å². The quantitative estimate of drug-likeness (QED) is 0.617. The van der Waals surface area contributed by atoms with Crippen molar-refractivity contribution in [1.82, 2.24) is 0 Å². The largest absolute Gasteiger partial charge is 0.477 e. The molecule has 1 rings (SSSR count). The van der Waals surface area contributed by atoms with Crippen molar-refractivity contribution < 1.29 is 14.6 Å². The van der Waals surface area contributed by atoms with Crippen LogP contribution >= 0.6 is 0 Å². The molecule has 0 aliphatic carbocycles. The summed E-state index contributed by atoms with van der Waals surface area (Å²) in [5.74, 6) is -1.22. The maximum atomic E-state index is 10.6. The number of carboxylic acids is 1. The van der Waals surface area contributed by atoms with E-state index in [4.69, 9.17) is 15.1 Å². The molecule has 0 aliphatic rings. The van der Waals surface area contributed by atoms with Crippen LogP contribution in [0.25, 0.3) is 6.08 Å². The van der Waals surface area contributed by atoms with Crippen LogP contribution in [0.4, 0.5) is 0 Å². The highest BCUT2D eigenvalue weighted by molar-refractivity contribution is 5.96. The minimum Gasteiger partial charge on any atom is -0.477 e. The lowest BCUT2D eigenvalue weighted by molar-refractivity contribution is -0.132. The van der Waals surface area contributed by atoms with E-state index in [1.165, 1.54) is 6.08 Å². The molecule has 0 aliphatic heterocycles. The van der Waals surface area contributed by atoms with Gasteiger partial charge in [0.1, 0.15) is 11.6 Å². The van der Waals surface area contributed by atoms with Gasteiger partial charge in [-0.25, -0.2) is 4.79 Å². The molecule has 1 aromatic rings. The molecule has 82 valence electrons. The fourth-order valence-electron chi connectivity index (χ4n) is 1.19. The lowest BCUT2D eigenvalue weighted by Gasteiger charge is -1.99. The second-order valence-electron chi connectivity index (χ2n) is 3.15. The van der Waals surface area contributed by atoms with Crippen LogP contribution in [0.3, 0.4) is 0 Å². The van der Waals surface area contributed by atoms with Gasteiger partial charge in [-0.05, 0) is 17.2 Å². The van der Waals surface area contributed by atoms with Crippen molar-refractivity contribution in [3.8, 4) is 6.07 Å². The van der Waals surface area contributed by atoms with E-state index in [0.717, 1.165) is 5.56 Å². The number of rotatable bonds is 4. The summed E-state index contributed by atoms with van der Waals surface area (Å²) in [5.41, 5.74) is 1.40. The lowest BCUT2D eigenvalue weighted by atomic mass is 10.1. The highest BCUT2D eigenvalue weighted by Gasteiger charge is 2.05. The third kappa shape index (κ3) is 3.23. The summed E-state index contributed by atoms with van der Waals surface area (Å²) in [6.45, 7) is 0.508. The standard InChI is InChI=1S/C12H11NO3/c1-16-8-10-4-2-9(3-5-10)6-11(7-13)12(14)15/h2-6H,8H2,1H3,(H,14,15)/b11-6+. The molecule has 1 N–H and O–H groups in total. The van der Waals surface area contributed by atoms with E-state index in [0.29, 0.717) is 12.2 Å². The minimum atomic E-state index is -1.22. The first-order chi connectivity index (χ1) is 7.67. The summed E-state index contributed by atoms with van der Waals surface area (Å²) in [5, 5.41) is 17.2. The van der Waals surface area contributed by atoms with E-state index < -0.39 is 5.97 Å². The number of aliphatic carboxylic acids is 1. The van der Waals surface area contributed by atoms with Crippen molar-refractivity contribution in [3.63, 3.8) is 0 Å². The third-order valence-corrected chi connectivity index (χ3v) is 1.95. The summed E-state index contributed by atoms with van der Waals surface area (Å²) in [6, 6.07) is 8.77. The Balaban J connectivity index is 2.90. The Hall–Kier alpha value is -2.12. The predicted molar refractivity (Wildman–Crippen MR) is 58.4 cm³/mol. The van der Waals surface area contributed by atoms with Crippen LogP contribution in [0, 0.1) is 11.3 Å². The molecular formula is C12H11NO3. The third-order valence-electron chi connectivity index (χ3n) is 1.95. The van der Waals surface area contributed by atoms with Gasteiger partial charge >= 0.3 is 5.97 Å². The van der Waals surface area contributed by atoms with Gasteiger partial charge in [-0.3, -0.25) is 0 Å². The van der Waals surface area contributed by atoms with Crippen LogP contribution in [-0.2, 0) is 16.1 Å². The molecule has 0 aromatic heterocycles. The molecule has 0 heterocycles. The van der Waals surface area contributed by atoms with Gasteiger partial charge in [-0.1, -0.05) is 24.3 Å². The number of nitrogens with zero attached hydrogens (tertiary/aromatic N) is 1. The van der Waals surface area contributed by atoms with Crippen molar-refractivity contribution in [1.29, 1.82) is 5.26 Å². The summed E-state index contributed by atoms with van der Waals surface area (Å²) in [7, 11) is 1.60. The lowest BCUT2D eigenvalue weighted by Crippen LogP contribution is -1.97. The molecular weight excluding hydrogens is 206 g/mol.